The molecular weight excluding hydrogens is 469 g/mol. The average Bonchev–Trinajstić information content (AvgIpc) is 2.84. The van der Waals surface area contributed by atoms with Gasteiger partial charge in [0.15, 0.2) is 0 Å². The summed E-state index contributed by atoms with van der Waals surface area (Å²) >= 11 is 5.87. The maximum absolute atomic E-state index is 13.0. The minimum atomic E-state index is -0.738. The number of hydrogen-bond donors (Lipinski definition) is 2. The van der Waals surface area contributed by atoms with Crippen LogP contribution < -0.4 is 15.5 Å². The second kappa shape index (κ2) is 12.7. The number of halogens is 2. The van der Waals surface area contributed by atoms with E-state index >= 15 is 0 Å². The number of carbonyl (C=O) groups is 2. The zero-order valence-electron chi connectivity index (χ0n) is 19.5. The summed E-state index contributed by atoms with van der Waals surface area (Å²) < 4.78 is 18.7. The number of benzene rings is 3. The van der Waals surface area contributed by atoms with E-state index in [0.29, 0.717) is 29.4 Å². The molecule has 6 nitrogen and oxygen atoms in total. The van der Waals surface area contributed by atoms with E-state index < -0.39 is 11.9 Å². The summed E-state index contributed by atoms with van der Waals surface area (Å²) in [5.41, 5.74) is 4.53. The third-order valence-electron chi connectivity index (χ3n) is 5.02. The van der Waals surface area contributed by atoms with Crippen LogP contribution in [0.15, 0.2) is 77.9 Å². The van der Waals surface area contributed by atoms with Crippen LogP contribution in [0.5, 0.6) is 5.75 Å². The van der Waals surface area contributed by atoms with Gasteiger partial charge in [-0.1, -0.05) is 37.6 Å². The molecule has 1 atom stereocenters. The minimum absolute atomic E-state index is 0.183. The van der Waals surface area contributed by atoms with E-state index in [9.17, 15) is 14.0 Å². The normalized spacial score (nSPS) is 11.9. The van der Waals surface area contributed by atoms with Crippen molar-refractivity contribution in [3.8, 4) is 5.75 Å². The van der Waals surface area contributed by atoms with Crippen LogP contribution >= 0.6 is 11.6 Å². The van der Waals surface area contributed by atoms with Crippen molar-refractivity contribution in [2.75, 3.05) is 0 Å². The summed E-state index contributed by atoms with van der Waals surface area (Å²) in [4.78, 5) is 25.2. The van der Waals surface area contributed by atoms with Gasteiger partial charge in [0.2, 0.25) is 0 Å². The van der Waals surface area contributed by atoms with E-state index in [1.165, 1.54) is 18.3 Å². The summed E-state index contributed by atoms with van der Waals surface area (Å²) in [6.45, 7) is 4.26. The molecule has 0 radical (unpaired) electrons. The van der Waals surface area contributed by atoms with Crippen LogP contribution in [0.3, 0.4) is 0 Å². The average molecular weight is 496 g/mol. The maximum Gasteiger partial charge on any atom is 0.262 e. The SMILES string of the molecule is CC(C)CC(NC(=O)c1ccc(Cl)cc1)C(=O)N/N=C/c1ccc(OCc2ccc(F)cc2)cc1. The summed E-state index contributed by atoms with van der Waals surface area (Å²) in [6.07, 6.45) is 1.97. The van der Waals surface area contributed by atoms with E-state index in [4.69, 9.17) is 16.3 Å². The molecule has 0 heterocycles. The molecule has 2 N–H and O–H groups in total. The highest BCUT2D eigenvalue weighted by Crippen LogP contribution is 2.14. The molecule has 0 fully saturated rings. The Hall–Kier alpha value is -3.71. The molecule has 3 aromatic carbocycles. The highest BCUT2D eigenvalue weighted by molar-refractivity contribution is 6.30. The predicted molar refractivity (Wildman–Crippen MR) is 135 cm³/mol. The van der Waals surface area contributed by atoms with Crippen LogP contribution in [0.1, 0.15) is 41.8 Å². The molecule has 1 unspecified atom stereocenters. The first-order valence-corrected chi connectivity index (χ1v) is 11.5. The fraction of sp³-hybridized carbons (Fsp3) is 0.222. The molecule has 2 amide bonds. The Bertz CT molecular complexity index is 1150. The van der Waals surface area contributed by atoms with Crippen molar-refractivity contribution in [1.82, 2.24) is 10.7 Å². The molecule has 0 aliphatic rings. The monoisotopic (exact) mass is 495 g/mol. The highest BCUT2D eigenvalue weighted by Gasteiger charge is 2.22. The van der Waals surface area contributed by atoms with Crippen molar-refractivity contribution in [3.05, 3.63) is 100 Å². The Balaban J connectivity index is 1.53. The third kappa shape index (κ3) is 8.54. The number of hydrazone groups is 1. The van der Waals surface area contributed by atoms with Gasteiger partial charge in [0.05, 0.1) is 6.21 Å². The van der Waals surface area contributed by atoms with Crippen molar-refractivity contribution in [2.45, 2.75) is 32.9 Å². The first-order valence-electron chi connectivity index (χ1n) is 11.2. The zero-order valence-corrected chi connectivity index (χ0v) is 20.3. The Morgan fingerprint density at radius 1 is 1.00 bits per heavy atom. The molecule has 0 bridgehead atoms. The van der Waals surface area contributed by atoms with Gasteiger partial charge in [-0.05, 0) is 84.1 Å². The fourth-order valence-electron chi connectivity index (χ4n) is 3.19. The number of nitrogens with one attached hydrogen (secondary N) is 2. The van der Waals surface area contributed by atoms with Gasteiger partial charge >= 0.3 is 0 Å². The van der Waals surface area contributed by atoms with Crippen molar-refractivity contribution in [3.63, 3.8) is 0 Å². The standard InChI is InChI=1S/C27H27ClFN3O3/c1-18(2)15-25(31-26(33)21-7-9-22(28)10-8-21)27(34)32-30-16-19-5-13-24(14-6-19)35-17-20-3-11-23(29)12-4-20/h3-14,16,18,25H,15,17H2,1-2H3,(H,31,33)(H,32,34)/b30-16+. The van der Waals surface area contributed by atoms with Crippen molar-refractivity contribution in [2.24, 2.45) is 11.0 Å². The lowest BCUT2D eigenvalue weighted by molar-refractivity contribution is -0.123. The first-order chi connectivity index (χ1) is 16.8. The molecule has 0 aliphatic heterocycles. The lowest BCUT2D eigenvalue weighted by Gasteiger charge is -2.19. The van der Waals surface area contributed by atoms with Gasteiger partial charge in [-0.2, -0.15) is 5.10 Å². The predicted octanol–water partition coefficient (Wildman–Crippen LogP) is 5.35. The van der Waals surface area contributed by atoms with Gasteiger partial charge in [0.1, 0.15) is 24.2 Å². The summed E-state index contributed by atoms with van der Waals surface area (Å²) in [6, 6.07) is 19.0. The van der Waals surface area contributed by atoms with E-state index in [-0.39, 0.29) is 17.6 Å². The number of rotatable bonds is 10. The lowest BCUT2D eigenvalue weighted by atomic mass is 10.0. The molecule has 35 heavy (non-hydrogen) atoms. The molecule has 0 saturated heterocycles. The van der Waals surface area contributed by atoms with Crippen LogP contribution in [0.4, 0.5) is 4.39 Å². The number of ether oxygens (including phenoxy) is 1. The van der Waals surface area contributed by atoms with Crippen molar-refractivity contribution < 1.29 is 18.7 Å². The maximum atomic E-state index is 13.0. The van der Waals surface area contributed by atoms with Gasteiger partial charge in [-0.3, -0.25) is 9.59 Å². The second-order valence-electron chi connectivity index (χ2n) is 8.38. The smallest absolute Gasteiger partial charge is 0.262 e. The summed E-state index contributed by atoms with van der Waals surface area (Å²) in [7, 11) is 0. The first kappa shape index (κ1) is 25.9. The second-order valence-corrected chi connectivity index (χ2v) is 8.82. The van der Waals surface area contributed by atoms with Gasteiger partial charge in [-0.25, -0.2) is 9.82 Å². The number of carbonyl (C=O) groups excluding carboxylic acids is 2. The van der Waals surface area contributed by atoms with Crippen molar-refractivity contribution in [1.29, 1.82) is 0 Å². The molecule has 3 rings (SSSR count). The molecule has 3 aromatic rings. The largest absolute Gasteiger partial charge is 0.489 e. The van der Waals surface area contributed by atoms with Crippen LogP contribution in [0.25, 0.3) is 0 Å². The minimum Gasteiger partial charge on any atom is -0.489 e. The van der Waals surface area contributed by atoms with Crippen LogP contribution in [0, 0.1) is 11.7 Å². The molecule has 0 aliphatic carbocycles. The van der Waals surface area contributed by atoms with Crippen LogP contribution in [-0.4, -0.2) is 24.1 Å². The van der Waals surface area contributed by atoms with E-state index in [0.717, 1.165) is 11.1 Å². The molecule has 0 saturated carbocycles. The number of nitrogens with zero attached hydrogens (tertiary/aromatic N) is 1. The van der Waals surface area contributed by atoms with E-state index in [1.54, 1.807) is 60.7 Å². The Labute approximate surface area is 209 Å². The summed E-state index contributed by atoms with van der Waals surface area (Å²) in [5.74, 6) is -0.219. The number of amides is 2. The number of hydrogen-bond acceptors (Lipinski definition) is 4. The molecular formula is C27H27ClFN3O3. The Kier molecular flexibility index (Phi) is 9.38. The van der Waals surface area contributed by atoms with Gasteiger partial charge in [0.25, 0.3) is 11.8 Å². The van der Waals surface area contributed by atoms with E-state index in [1.807, 2.05) is 13.8 Å². The quantitative estimate of drug-likeness (QED) is 0.294. The topological polar surface area (TPSA) is 79.8 Å². The fourth-order valence-corrected chi connectivity index (χ4v) is 3.32. The van der Waals surface area contributed by atoms with Crippen LogP contribution in [-0.2, 0) is 11.4 Å². The molecule has 8 heteroatoms. The Morgan fingerprint density at radius 2 is 1.66 bits per heavy atom. The summed E-state index contributed by atoms with van der Waals surface area (Å²) in [5, 5.41) is 7.32. The lowest BCUT2D eigenvalue weighted by Crippen LogP contribution is -2.46. The van der Waals surface area contributed by atoms with Gasteiger partial charge < -0.3 is 10.1 Å². The third-order valence-corrected chi connectivity index (χ3v) is 5.27. The van der Waals surface area contributed by atoms with E-state index in [2.05, 4.69) is 15.8 Å². The Morgan fingerprint density at radius 3 is 2.29 bits per heavy atom. The molecule has 0 spiro atoms. The van der Waals surface area contributed by atoms with Gasteiger partial charge in [-0.15, -0.1) is 0 Å². The molecule has 182 valence electrons. The van der Waals surface area contributed by atoms with Crippen LogP contribution in [0.2, 0.25) is 5.02 Å². The highest BCUT2D eigenvalue weighted by atomic mass is 35.5. The van der Waals surface area contributed by atoms with Gasteiger partial charge in [0, 0.05) is 10.6 Å². The van der Waals surface area contributed by atoms with Crippen molar-refractivity contribution >= 4 is 29.6 Å². The molecule has 0 aromatic heterocycles. The zero-order chi connectivity index (χ0) is 25.2.